The van der Waals surface area contributed by atoms with Gasteiger partial charge in [-0.05, 0) is 145 Å². The van der Waals surface area contributed by atoms with Crippen molar-refractivity contribution in [1.82, 2.24) is 0 Å². The third kappa shape index (κ3) is 11.9. The van der Waals surface area contributed by atoms with Gasteiger partial charge in [-0.15, -0.1) is 70.5 Å². The van der Waals surface area contributed by atoms with E-state index in [1.165, 1.54) is 25.7 Å². The first-order valence-electron chi connectivity index (χ1n) is 20.9. The fourth-order valence-corrected chi connectivity index (χ4v) is 12.3. The summed E-state index contributed by atoms with van der Waals surface area (Å²) < 4.78 is 5.68. The molecule has 0 aromatic heterocycles. The summed E-state index contributed by atoms with van der Waals surface area (Å²) in [7, 11) is 1.66. The number of aryl methyl sites for hydroxylation is 2. The second-order valence-electron chi connectivity index (χ2n) is 19.6. The average molecular weight is 1040 g/mol. The normalized spacial score (nSPS) is 33.1. The van der Waals surface area contributed by atoms with E-state index in [4.69, 9.17) is 39.4 Å². The van der Waals surface area contributed by atoms with Crippen LogP contribution in [0.15, 0.2) is 36.4 Å². The van der Waals surface area contributed by atoms with E-state index in [2.05, 4.69) is 103 Å². The summed E-state index contributed by atoms with van der Waals surface area (Å²) in [5.74, 6) is 2.54. The Hall–Kier alpha value is -0.615. The number of carbonyl (C=O) groups excluding carboxylic acids is 2. The van der Waals surface area contributed by atoms with Gasteiger partial charge < -0.3 is 21.3 Å². The first-order chi connectivity index (χ1) is 26.8. The lowest BCUT2D eigenvalue weighted by molar-refractivity contribution is -0.0868. The molecule has 2 aromatic carbocycles. The zero-order chi connectivity index (χ0) is 44.1. The highest BCUT2D eigenvalue weighted by Gasteiger charge is 2.59. The Labute approximate surface area is 385 Å². The highest BCUT2D eigenvalue weighted by molar-refractivity contribution is 9.69. The fraction of sp³-hybridized carbons (Fsp3) is 0.696. The zero-order valence-electron chi connectivity index (χ0n) is 36.7. The van der Waals surface area contributed by atoms with Crippen LogP contribution in [-0.4, -0.2) is 44.4 Å². The van der Waals surface area contributed by atoms with Gasteiger partial charge in [0.25, 0.3) is 0 Å². The second kappa shape index (κ2) is 21.2. The number of nitrogens with two attached hydrogens (primary N) is 2. The molecule has 0 heterocycles. The summed E-state index contributed by atoms with van der Waals surface area (Å²) in [6, 6.07) is 11.2. The smallest absolute Gasteiger partial charge is 0.369 e. The molecule has 0 aliphatic heterocycles. The molecule has 0 amide bonds. The average Bonchev–Trinajstić information content (AvgIpc) is 3.10. The number of aromatic hydroxyl groups is 1. The number of hydrogen-bond acceptors (Lipinski definition) is 6. The number of phenolic OH excluding ortho intramolecular Hbond substituents is 1. The molecule has 326 valence electrons. The van der Waals surface area contributed by atoms with Crippen molar-refractivity contribution in [2.75, 3.05) is 12.4 Å². The lowest BCUT2D eigenvalue weighted by Gasteiger charge is -2.60. The number of phenols is 1. The van der Waals surface area contributed by atoms with Crippen LogP contribution >= 0.6 is 70.5 Å². The van der Waals surface area contributed by atoms with Crippen molar-refractivity contribution in [3.8, 4) is 11.5 Å². The molecule has 0 spiro atoms. The lowest BCUT2D eigenvalue weighted by atomic mass is 9.45. The van der Waals surface area contributed by atoms with Crippen molar-refractivity contribution in [1.29, 1.82) is 0 Å². The Kier molecular flexibility index (Phi) is 18.9. The monoisotopic (exact) mass is 1030 g/mol. The van der Waals surface area contributed by atoms with Crippen molar-refractivity contribution >= 4 is 85.2 Å². The van der Waals surface area contributed by atoms with Crippen molar-refractivity contribution in [2.45, 2.75) is 133 Å². The SMILES string of the molecule is BrB(Br)Br.COc1cc(C)cc(C(=O)[C@H]2[C@H](C)[C@H](N)C[C@H]3C(C)(C)CCC[C@]23C)c1.Cc1cc(O)cc(C(=O)[C@H]2[C@H](C)[C@H](N)C[C@H]3C(C)(C)CCC[C@]23C)c1.ClCCl. The number of fused-ring (bicyclic) bond motifs is 2. The first kappa shape index (κ1) is 51.7. The molecular formula is C46H70BBr3Cl2N2O4. The Balaban J connectivity index is 0.000000268. The van der Waals surface area contributed by atoms with E-state index in [9.17, 15) is 14.7 Å². The van der Waals surface area contributed by atoms with E-state index in [0.717, 1.165) is 48.1 Å². The maximum atomic E-state index is 13.7. The van der Waals surface area contributed by atoms with Gasteiger partial charge >= 0.3 is 3.18 Å². The Morgan fingerprint density at radius 1 is 0.724 bits per heavy atom. The fourth-order valence-electron chi connectivity index (χ4n) is 12.3. The predicted octanol–water partition coefficient (Wildman–Crippen LogP) is 13.3. The van der Waals surface area contributed by atoms with Crippen molar-refractivity contribution in [2.24, 2.45) is 68.6 Å². The van der Waals surface area contributed by atoms with Crippen molar-refractivity contribution < 1.29 is 19.4 Å². The number of methoxy groups -OCH3 is 1. The third-order valence-electron chi connectivity index (χ3n) is 14.9. The number of ketones is 2. The first-order valence-corrected chi connectivity index (χ1v) is 24.7. The minimum atomic E-state index is -0.0815. The molecule has 0 radical (unpaired) electrons. The minimum Gasteiger partial charge on any atom is -0.508 e. The second-order valence-corrected chi connectivity index (χ2v) is 26.9. The molecule has 4 aliphatic carbocycles. The molecule has 58 heavy (non-hydrogen) atoms. The molecule has 6 rings (SSSR count). The molecule has 5 N–H and O–H groups in total. The number of benzene rings is 2. The van der Waals surface area contributed by atoms with Crippen LogP contribution in [0.4, 0.5) is 0 Å². The van der Waals surface area contributed by atoms with Crippen molar-refractivity contribution in [3.63, 3.8) is 0 Å². The lowest BCUT2D eigenvalue weighted by Crippen LogP contribution is -2.59. The van der Waals surface area contributed by atoms with Gasteiger partial charge in [0.05, 0.1) is 12.4 Å². The standard InChI is InChI=1S/C23H35NO2.C22H33NO2.CH2Cl2.BBr3/c1-14-10-16(12-17(11-14)26-6)21(25)20-15(2)18(24)13-19-22(3,4)8-7-9-23(19,20)5;1-13-9-15(11-16(24)10-13)20(25)19-14(2)17(23)12-18-21(3,4)7-6-8-22(18,19)5;2-1-3;2-1(3)4/h10-12,15,18-20H,7-9,13,24H2,1-6H3;9-11,14,17-19,24H,6-8,12,23H2,1-5H3;1H2;/t15-,18-,19+,20-,23+;14-,17-,18+,19-,22+;;/m11../s1. The summed E-state index contributed by atoms with van der Waals surface area (Å²) in [5, 5.41) is 10.2. The molecule has 0 saturated heterocycles. The number of rotatable bonds is 5. The van der Waals surface area contributed by atoms with Crippen LogP contribution in [0, 0.1) is 71.0 Å². The van der Waals surface area contributed by atoms with Crippen LogP contribution in [0.2, 0.25) is 0 Å². The maximum Gasteiger partial charge on any atom is 0.369 e. The Bertz CT molecular complexity index is 1690. The van der Waals surface area contributed by atoms with E-state index in [-0.39, 0.29) is 83.3 Å². The van der Waals surface area contributed by atoms with E-state index in [1.807, 2.05) is 38.1 Å². The van der Waals surface area contributed by atoms with Crippen LogP contribution in [-0.2, 0) is 0 Å². The maximum absolute atomic E-state index is 13.7. The molecule has 4 saturated carbocycles. The summed E-state index contributed by atoms with van der Waals surface area (Å²) >= 11 is 18.8. The summed E-state index contributed by atoms with van der Waals surface area (Å²) in [6.45, 7) is 22.4. The van der Waals surface area contributed by atoms with E-state index >= 15 is 0 Å². The number of halogens is 5. The molecule has 0 unspecified atom stereocenters. The zero-order valence-corrected chi connectivity index (χ0v) is 43.0. The topological polar surface area (TPSA) is 116 Å². The molecule has 10 atom stereocenters. The number of carbonyl (C=O) groups is 2. The van der Waals surface area contributed by atoms with Crippen LogP contribution in [0.25, 0.3) is 0 Å². The van der Waals surface area contributed by atoms with Gasteiger partial charge in [-0.1, -0.05) is 68.2 Å². The predicted molar refractivity (Wildman–Crippen MR) is 257 cm³/mol. The molecule has 4 fully saturated rings. The van der Waals surface area contributed by atoms with E-state index in [0.29, 0.717) is 17.4 Å². The van der Waals surface area contributed by atoms with Gasteiger partial charge in [0.2, 0.25) is 0 Å². The molecule has 12 heteroatoms. The Morgan fingerprint density at radius 3 is 1.45 bits per heavy atom. The largest absolute Gasteiger partial charge is 0.508 e. The van der Waals surface area contributed by atoms with E-state index in [1.54, 1.807) is 19.2 Å². The van der Waals surface area contributed by atoms with Crippen LogP contribution in [0.1, 0.15) is 139 Å². The molecular weight excluding hydrogens is 966 g/mol. The molecule has 4 aliphatic rings. The molecule has 0 bridgehead atoms. The van der Waals surface area contributed by atoms with Crippen LogP contribution in [0.5, 0.6) is 11.5 Å². The van der Waals surface area contributed by atoms with Gasteiger partial charge in [0.1, 0.15) is 11.5 Å². The molecule has 6 nitrogen and oxygen atoms in total. The minimum absolute atomic E-state index is 0.0189. The third-order valence-corrected chi connectivity index (χ3v) is 14.9. The number of hydrogen-bond donors (Lipinski definition) is 3. The summed E-state index contributed by atoms with van der Waals surface area (Å²) in [4.78, 5) is 27.3. The summed E-state index contributed by atoms with van der Waals surface area (Å²) in [6.07, 6.45) is 9.06. The van der Waals surface area contributed by atoms with Crippen molar-refractivity contribution in [3.05, 3.63) is 58.7 Å². The quantitative estimate of drug-likeness (QED) is 0.156. The van der Waals surface area contributed by atoms with Crippen LogP contribution in [0.3, 0.4) is 0 Å². The van der Waals surface area contributed by atoms with E-state index < -0.39 is 0 Å². The van der Waals surface area contributed by atoms with Gasteiger partial charge in [0, 0.05) is 35.0 Å². The van der Waals surface area contributed by atoms with Crippen LogP contribution < -0.4 is 16.2 Å². The van der Waals surface area contributed by atoms with Gasteiger partial charge in [0.15, 0.2) is 11.6 Å². The highest BCUT2D eigenvalue weighted by Crippen LogP contribution is 2.63. The Morgan fingerprint density at radius 2 is 1.09 bits per heavy atom. The van der Waals surface area contributed by atoms with Gasteiger partial charge in [-0.25, -0.2) is 0 Å². The highest BCUT2D eigenvalue weighted by atomic mass is 79.9. The number of ether oxygens (including phenoxy) is 1. The molecule has 2 aromatic rings. The number of Topliss-reactive ketones (excluding diaryl/α,β-unsaturated/α-hetero) is 2. The van der Waals surface area contributed by atoms with Gasteiger partial charge in [-0.3, -0.25) is 9.59 Å². The number of alkyl halides is 2. The summed E-state index contributed by atoms with van der Waals surface area (Å²) in [5.41, 5.74) is 17.0. The van der Waals surface area contributed by atoms with Gasteiger partial charge in [-0.2, -0.15) is 0 Å².